The van der Waals surface area contributed by atoms with Crippen LogP contribution in [0.4, 0.5) is 24.8 Å². The summed E-state index contributed by atoms with van der Waals surface area (Å²) < 4.78 is 67.5. The van der Waals surface area contributed by atoms with Crippen LogP contribution in [0.25, 0.3) is 11.1 Å². The fourth-order valence-corrected chi connectivity index (χ4v) is 4.99. The van der Waals surface area contributed by atoms with Gasteiger partial charge in [-0.1, -0.05) is 48.0 Å². The van der Waals surface area contributed by atoms with E-state index in [1.807, 2.05) is 36.1 Å². The van der Waals surface area contributed by atoms with Gasteiger partial charge < -0.3 is 15.0 Å². The minimum Gasteiger partial charge on any atom is -0.373 e. The molecule has 0 atom stereocenters. The quantitative estimate of drug-likeness (QED) is 0.428. The van der Waals surface area contributed by atoms with E-state index in [9.17, 15) is 21.6 Å². The molecule has 11 heteroatoms. The van der Waals surface area contributed by atoms with Crippen LogP contribution in [0.2, 0.25) is 0 Å². The van der Waals surface area contributed by atoms with Gasteiger partial charge in [-0.05, 0) is 49.1 Å². The molecule has 0 bridgehead atoms. The van der Waals surface area contributed by atoms with Crippen LogP contribution in [0.15, 0.2) is 65.6 Å². The Morgan fingerprint density at radius 2 is 1.78 bits per heavy atom. The number of hydrogen-bond donors (Lipinski definition) is 2. The number of alkyl halides is 3. The van der Waals surface area contributed by atoms with Crippen molar-refractivity contribution in [2.24, 2.45) is 5.14 Å². The molecule has 1 aliphatic rings. The SMILES string of the molecule is Cc1ccc(S(N)(=O)=O)c(-c2ccc(COC3CCN(c4cccc(NCC(F)(F)F)n4)CC3)cc2)c1. The summed E-state index contributed by atoms with van der Waals surface area (Å²) in [5, 5.41) is 7.70. The predicted octanol–water partition coefficient (Wildman–Crippen LogP) is 4.86. The standard InChI is InChI=1S/C26H29F3N4O3S/c1-18-5-10-23(37(30,34)35)22(15-18)20-8-6-19(7-9-20)16-36-21-11-13-33(14-12-21)25-4-2-3-24(32-25)31-17-26(27,28)29/h2-10,15,21H,11-14,16-17H2,1H3,(H,31,32)(H2,30,34,35). The van der Waals surface area contributed by atoms with E-state index in [0.717, 1.165) is 29.5 Å². The molecule has 3 aromatic rings. The second-order valence-corrected chi connectivity index (χ2v) is 10.6. The largest absolute Gasteiger partial charge is 0.405 e. The molecular formula is C26H29F3N4O3S. The van der Waals surface area contributed by atoms with Crippen LogP contribution in [-0.4, -0.2) is 45.3 Å². The van der Waals surface area contributed by atoms with Crippen molar-refractivity contribution in [1.82, 2.24) is 4.98 Å². The number of nitrogens with two attached hydrogens (primary N) is 1. The highest BCUT2D eigenvalue weighted by molar-refractivity contribution is 7.89. The number of anilines is 2. The Balaban J connectivity index is 1.31. The molecule has 1 saturated heterocycles. The summed E-state index contributed by atoms with van der Waals surface area (Å²) in [7, 11) is -3.85. The van der Waals surface area contributed by atoms with E-state index in [4.69, 9.17) is 9.88 Å². The number of ether oxygens (including phenoxy) is 1. The van der Waals surface area contributed by atoms with Gasteiger partial charge in [0.2, 0.25) is 10.0 Å². The lowest BCUT2D eigenvalue weighted by Gasteiger charge is -2.33. The summed E-state index contributed by atoms with van der Waals surface area (Å²) in [6, 6.07) is 17.6. The van der Waals surface area contributed by atoms with Crippen molar-refractivity contribution in [2.45, 2.75) is 43.5 Å². The van der Waals surface area contributed by atoms with Gasteiger partial charge in [0.1, 0.15) is 18.2 Å². The van der Waals surface area contributed by atoms with Gasteiger partial charge >= 0.3 is 6.18 Å². The maximum absolute atomic E-state index is 12.5. The molecule has 0 amide bonds. The first-order chi connectivity index (χ1) is 17.5. The number of hydrogen-bond acceptors (Lipinski definition) is 6. The molecule has 1 aromatic heterocycles. The summed E-state index contributed by atoms with van der Waals surface area (Å²) in [5.74, 6) is 0.828. The summed E-state index contributed by atoms with van der Waals surface area (Å²) in [5.41, 5.74) is 3.21. The van der Waals surface area contributed by atoms with Crippen LogP contribution < -0.4 is 15.4 Å². The number of halogens is 3. The minimum absolute atomic E-state index is 0.0493. The first-order valence-electron chi connectivity index (χ1n) is 11.8. The third-order valence-corrected chi connectivity index (χ3v) is 7.13. The molecule has 4 rings (SSSR count). The fourth-order valence-electron chi connectivity index (χ4n) is 4.25. The van der Waals surface area contributed by atoms with E-state index in [1.54, 1.807) is 24.3 Å². The van der Waals surface area contributed by atoms with Crippen LogP contribution in [0, 0.1) is 6.92 Å². The predicted molar refractivity (Wildman–Crippen MR) is 137 cm³/mol. The molecule has 3 N–H and O–H groups in total. The zero-order valence-electron chi connectivity index (χ0n) is 20.3. The highest BCUT2D eigenvalue weighted by Gasteiger charge is 2.27. The van der Waals surface area contributed by atoms with E-state index < -0.39 is 22.7 Å². The van der Waals surface area contributed by atoms with Gasteiger partial charge in [0.15, 0.2) is 0 Å². The van der Waals surface area contributed by atoms with Gasteiger partial charge in [0.05, 0.1) is 17.6 Å². The van der Waals surface area contributed by atoms with Crippen LogP contribution in [0.5, 0.6) is 0 Å². The molecule has 2 heterocycles. The normalized spacial score (nSPS) is 15.1. The molecule has 198 valence electrons. The number of sulfonamides is 1. The lowest BCUT2D eigenvalue weighted by molar-refractivity contribution is -0.115. The Labute approximate surface area is 214 Å². The van der Waals surface area contributed by atoms with Gasteiger partial charge in [-0.3, -0.25) is 0 Å². The summed E-state index contributed by atoms with van der Waals surface area (Å²) in [6.07, 6.45) is -2.72. The molecule has 0 radical (unpaired) electrons. The number of pyridine rings is 1. The van der Waals surface area contributed by atoms with Gasteiger partial charge in [0.25, 0.3) is 0 Å². The van der Waals surface area contributed by atoms with Crippen LogP contribution in [0.3, 0.4) is 0 Å². The lowest BCUT2D eigenvalue weighted by Crippen LogP contribution is -2.37. The molecule has 2 aromatic carbocycles. The number of nitrogens with one attached hydrogen (secondary N) is 1. The molecule has 37 heavy (non-hydrogen) atoms. The second kappa shape index (κ2) is 11.1. The van der Waals surface area contributed by atoms with Crippen molar-refractivity contribution >= 4 is 21.7 Å². The number of aryl methyl sites for hydroxylation is 1. The maximum atomic E-state index is 12.5. The van der Waals surface area contributed by atoms with Crippen molar-refractivity contribution in [2.75, 3.05) is 29.9 Å². The molecule has 0 spiro atoms. The number of piperidine rings is 1. The Morgan fingerprint density at radius 3 is 2.43 bits per heavy atom. The highest BCUT2D eigenvalue weighted by Crippen LogP contribution is 2.29. The van der Waals surface area contributed by atoms with Crippen LogP contribution in [0.1, 0.15) is 24.0 Å². The van der Waals surface area contributed by atoms with Crippen molar-refractivity contribution in [1.29, 1.82) is 0 Å². The topological polar surface area (TPSA) is 97.5 Å². The van der Waals surface area contributed by atoms with Crippen LogP contribution >= 0.6 is 0 Å². The van der Waals surface area contributed by atoms with Crippen molar-refractivity contribution < 1.29 is 26.3 Å². The molecule has 1 aliphatic heterocycles. The zero-order chi connectivity index (χ0) is 26.6. The fraction of sp³-hybridized carbons (Fsp3) is 0.346. The molecule has 0 saturated carbocycles. The average Bonchev–Trinajstić information content (AvgIpc) is 2.86. The van der Waals surface area contributed by atoms with E-state index in [-0.39, 0.29) is 16.8 Å². The average molecular weight is 535 g/mol. The smallest absolute Gasteiger partial charge is 0.373 e. The number of rotatable bonds is 8. The van der Waals surface area contributed by atoms with E-state index in [2.05, 4.69) is 10.3 Å². The molecule has 1 fully saturated rings. The maximum Gasteiger partial charge on any atom is 0.405 e. The van der Waals surface area contributed by atoms with E-state index >= 15 is 0 Å². The number of aromatic nitrogens is 1. The van der Waals surface area contributed by atoms with Gasteiger partial charge in [-0.25, -0.2) is 18.5 Å². The third kappa shape index (κ3) is 7.43. The van der Waals surface area contributed by atoms with Gasteiger partial charge in [0, 0.05) is 18.7 Å². The summed E-state index contributed by atoms with van der Waals surface area (Å²) >= 11 is 0. The van der Waals surface area contributed by atoms with Gasteiger partial charge in [-0.2, -0.15) is 13.2 Å². The van der Waals surface area contributed by atoms with Crippen molar-refractivity contribution in [3.05, 3.63) is 71.8 Å². The molecular weight excluding hydrogens is 505 g/mol. The third-order valence-electron chi connectivity index (χ3n) is 6.16. The number of nitrogens with zero attached hydrogens (tertiary/aromatic N) is 2. The Morgan fingerprint density at radius 1 is 1.08 bits per heavy atom. The molecule has 0 unspecified atom stereocenters. The Hall–Kier alpha value is -3.15. The van der Waals surface area contributed by atoms with E-state index in [1.165, 1.54) is 12.1 Å². The highest BCUT2D eigenvalue weighted by atomic mass is 32.2. The molecule has 7 nitrogen and oxygen atoms in total. The second-order valence-electron chi connectivity index (χ2n) is 9.09. The summed E-state index contributed by atoms with van der Waals surface area (Å²) in [4.78, 5) is 6.43. The number of primary sulfonamides is 1. The minimum atomic E-state index is -4.30. The summed E-state index contributed by atoms with van der Waals surface area (Å²) in [6.45, 7) is 2.54. The monoisotopic (exact) mass is 534 g/mol. The number of benzene rings is 2. The Bertz CT molecular complexity index is 1320. The molecule has 0 aliphatic carbocycles. The lowest BCUT2D eigenvalue weighted by atomic mass is 10.0. The van der Waals surface area contributed by atoms with Crippen molar-refractivity contribution in [3.63, 3.8) is 0 Å². The van der Waals surface area contributed by atoms with Crippen molar-refractivity contribution in [3.8, 4) is 11.1 Å². The first-order valence-corrected chi connectivity index (χ1v) is 13.4. The van der Waals surface area contributed by atoms with E-state index in [0.29, 0.717) is 31.1 Å². The van der Waals surface area contributed by atoms with Gasteiger partial charge in [-0.15, -0.1) is 0 Å². The Kier molecular flexibility index (Phi) is 8.05. The van der Waals surface area contributed by atoms with Crippen LogP contribution in [-0.2, 0) is 21.4 Å². The zero-order valence-corrected chi connectivity index (χ0v) is 21.1. The first kappa shape index (κ1) is 26.9.